The Balaban J connectivity index is 1.84. The quantitative estimate of drug-likeness (QED) is 0.862. The summed E-state index contributed by atoms with van der Waals surface area (Å²) in [5.41, 5.74) is 0.527. The number of benzene rings is 1. The van der Waals surface area contributed by atoms with E-state index in [1.54, 1.807) is 18.5 Å². The van der Waals surface area contributed by atoms with Crippen molar-refractivity contribution in [2.24, 2.45) is 0 Å². The van der Waals surface area contributed by atoms with Gasteiger partial charge in [0.2, 0.25) is 0 Å². The highest BCUT2D eigenvalue weighted by Crippen LogP contribution is 2.29. The first kappa shape index (κ1) is 13.6. The Morgan fingerprint density at radius 2 is 2.14 bits per heavy atom. The van der Waals surface area contributed by atoms with Gasteiger partial charge in [-0.1, -0.05) is 25.1 Å². The Hall–Kier alpha value is -2.36. The largest absolute Gasteiger partial charge is 0.456 e. The van der Waals surface area contributed by atoms with Crippen LogP contribution in [0.15, 0.2) is 48.8 Å². The molecule has 1 aliphatic rings. The van der Waals surface area contributed by atoms with Crippen LogP contribution in [0.1, 0.15) is 30.1 Å². The lowest BCUT2D eigenvalue weighted by Crippen LogP contribution is -2.50. The van der Waals surface area contributed by atoms with Crippen molar-refractivity contribution in [3.8, 4) is 11.5 Å². The molecule has 0 saturated carbocycles. The van der Waals surface area contributed by atoms with Gasteiger partial charge in [0.1, 0.15) is 17.1 Å². The Kier molecular flexibility index (Phi) is 3.86. The highest BCUT2D eigenvalue weighted by Gasteiger charge is 2.32. The van der Waals surface area contributed by atoms with Crippen molar-refractivity contribution in [3.63, 3.8) is 0 Å². The summed E-state index contributed by atoms with van der Waals surface area (Å²) in [5.74, 6) is 1.28. The third kappa shape index (κ3) is 2.75. The molecule has 0 bridgehead atoms. The lowest BCUT2D eigenvalue weighted by atomic mass is 9.99. The van der Waals surface area contributed by atoms with Crippen LogP contribution in [0.4, 0.5) is 0 Å². The summed E-state index contributed by atoms with van der Waals surface area (Å²) in [6.07, 6.45) is 5.30. The van der Waals surface area contributed by atoms with E-state index in [4.69, 9.17) is 4.74 Å². The minimum Gasteiger partial charge on any atom is -0.456 e. The van der Waals surface area contributed by atoms with Gasteiger partial charge < -0.3 is 9.64 Å². The van der Waals surface area contributed by atoms with Crippen LogP contribution in [0.2, 0.25) is 0 Å². The van der Waals surface area contributed by atoms with Gasteiger partial charge in [-0.05, 0) is 31.0 Å². The van der Waals surface area contributed by atoms with E-state index in [1.165, 1.54) is 0 Å². The molecular weight excluding hydrogens is 264 g/mol. The predicted molar refractivity (Wildman–Crippen MR) is 80.5 cm³/mol. The van der Waals surface area contributed by atoms with Crippen molar-refractivity contribution >= 4 is 5.91 Å². The van der Waals surface area contributed by atoms with Gasteiger partial charge >= 0.3 is 0 Å². The number of rotatable bonds is 4. The first-order chi connectivity index (χ1) is 10.3. The van der Waals surface area contributed by atoms with Crippen LogP contribution in [0.5, 0.6) is 11.5 Å². The standard InChI is InChI=1S/C17H18N2O2/c1-2-13-9-11-19(13)17(20)15-12-18-10-8-16(15)21-14-6-4-3-5-7-14/h3-8,10,12-13H,2,9,11H2,1H3. The van der Waals surface area contributed by atoms with Gasteiger partial charge in [-0.2, -0.15) is 0 Å². The fraction of sp³-hybridized carbons (Fsp3) is 0.294. The predicted octanol–water partition coefficient (Wildman–Crippen LogP) is 3.50. The molecule has 0 N–H and O–H groups in total. The van der Waals surface area contributed by atoms with Crippen LogP contribution in [0.3, 0.4) is 0 Å². The number of carbonyl (C=O) groups excluding carboxylic acids is 1. The second-order valence-corrected chi connectivity index (χ2v) is 5.14. The summed E-state index contributed by atoms with van der Waals surface area (Å²) in [4.78, 5) is 18.6. The number of likely N-dealkylation sites (tertiary alicyclic amines) is 1. The molecule has 1 fully saturated rings. The smallest absolute Gasteiger partial charge is 0.259 e. The van der Waals surface area contributed by atoms with Gasteiger partial charge in [0.15, 0.2) is 0 Å². The first-order valence-corrected chi connectivity index (χ1v) is 7.27. The van der Waals surface area contributed by atoms with Crippen molar-refractivity contribution in [1.82, 2.24) is 9.88 Å². The zero-order valence-electron chi connectivity index (χ0n) is 12.0. The summed E-state index contributed by atoms with van der Waals surface area (Å²) in [6.45, 7) is 2.92. The number of amides is 1. The lowest BCUT2D eigenvalue weighted by molar-refractivity contribution is 0.0452. The van der Waals surface area contributed by atoms with E-state index in [2.05, 4.69) is 11.9 Å². The maximum atomic E-state index is 12.6. The van der Waals surface area contributed by atoms with Crippen LogP contribution in [0, 0.1) is 0 Å². The lowest BCUT2D eigenvalue weighted by Gasteiger charge is -2.40. The van der Waals surface area contributed by atoms with Gasteiger partial charge in [-0.15, -0.1) is 0 Å². The summed E-state index contributed by atoms with van der Waals surface area (Å²) >= 11 is 0. The minimum absolute atomic E-state index is 0.00660. The van der Waals surface area contributed by atoms with Crippen molar-refractivity contribution in [2.45, 2.75) is 25.8 Å². The molecule has 0 spiro atoms. The molecule has 1 amide bonds. The Bertz CT molecular complexity index is 626. The maximum absolute atomic E-state index is 12.6. The number of para-hydroxylation sites is 1. The van der Waals surface area contributed by atoms with E-state index in [-0.39, 0.29) is 5.91 Å². The maximum Gasteiger partial charge on any atom is 0.259 e. The molecule has 108 valence electrons. The fourth-order valence-corrected chi connectivity index (χ4v) is 2.53. The van der Waals surface area contributed by atoms with Gasteiger partial charge in [-0.3, -0.25) is 9.78 Å². The van der Waals surface area contributed by atoms with Crippen LogP contribution < -0.4 is 4.74 Å². The number of nitrogens with zero attached hydrogens (tertiary/aromatic N) is 2. The molecule has 0 aliphatic carbocycles. The average molecular weight is 282 g/mol. The van der Waals surface area contributed by atoms with E-state index < -0.39 is 0 Å². The molecule has 1 aromatic carbocycles. The number of hydrogen-bond donors (Lipinski definition) is 0. The molecule has 4 nitrogen and oxygen atoms in total. The molecule has 4 heteroatoms. The average Bonchev–Trinajstić information content (AvgIpc) is 2.48. The minimum atomic E-state index is 0.00660. The second kappa shape index (κ2) is 5.95. The van der Waals surface area contributed by atoms with Gasteiger partial charge in [0, 0.05) is 25.0 Å². The second-order valence-electron chi connectivity index (χ2n) is 5.14. The number of aromatic nitrogens is 1. The van der Waals surface area contributed by atoms with E-state index in [0.29, 0.717) is 23.1 Å². The number of ether oxygens (including phenoxy) is 1. The molecule has 1 aromatic heterocycles. The normalized spacial score (nSPS) is 17.2. The third-order valence-corrected chi connectivity index (χ3v) is 3.86. The summed E-state index contributed by atoms with van der Waals surface area (Å²) in [6, 6.07) is 11.6. The zero-order valence-corrected chi connectivity index (χ0v) is 12.0. The molecule has 2 heterocycles. The molecule has 3 rings (SSSR count). The monoisotopic (exact) mass is 282 g/mol. The van der Waals surface area contributed by atoms with Crippen molar-refractivity contribution in [2.75, 3.05) is 6.54 Å². The van der Waals surface area contributed by atoms with Gasteiger partial charge in [0.05, 0.1) is 0 Å². The van der Waals surface area contributed by atoms with E-state index in [1.807, 2.05) is 35.2 Å². The highest BCUT2D eigenvalue weighted by molar-refractivity contribution is 5.97. The molecule has 1 saturated heterocycles. The molecular formula is C17H18N2O2. The molecule has 1 aliphatic heterocycles. The fourth-order valence-electron chi connectivity index (χ4n) is 2.53. The molecule has 0 radical (unpaired) electrons. The van der Waals surface area contributed by atoms with Gasteiger partial charge in [0.25, 0.3) is 5.91 Å². The molecule has 1 atom stereocenters. The Labute approximate surface area is 124 Å². The van der Waals surface area contributed by atoms with Crippen molar-refractivity contribution < 1.29 is 9.53 Å². The van der Waals surface area contributed by atoms with Crippen LogP contribution >= 0.6 is 0 Å². The molecule has 1 unspecified atom stereocenters. The van der Waals surface area contributed by atoms with Crippen molar-refractivity contribution in [1.29, 1.82) is 0 Å². The topological polar surface area (TPSA) is 42.4 Å². The van der Waals surface area contributed by atoms with Gasteiger partial charge in [-0.25, -0.2) is 0 Å². The third-order valence-electron chi connectivity index (χ3n) is 3.86. The highest BCUT2D eigenvalue weighted by atomic mass is 16.5. The molecule has 21 heavy (non-hydrogen) atoms. The number of pyridine rings is 1. The summed E-state index contributed by atoms with van der Waals surface area (Å²) in [5, 5.41) is 0. The van der Waals surface area contributed by atoms with Crippen LogP contribution in [-0.4, -0.2) is 28.4 Å². The Morgan fingerprint density at radius 3 is 2.81 bits per heavy atom. The SMILES string of the molecule is CCC1CCN1C(=O)c1cnccc1Oc1ccccc1. The van der Waals surface area contributed by atoms with Crippen molar-refractivity contribution in [3.05, 3.63) is 54.4 Å². The van der Waals surface area contributed by atoms with E-state index in [9.17, 15) is 4.79 Å². The summed E-state index contributed by atoms with van der Waals surface area (Å²) < 4.78 is 5.83. The number of hydrogen-bond acceptors (Lipinski definition) is 3. The van der Waals surface area contributed by atoms with Crippen LogP contribution in [-0.2, 0) is 0 Å². The summed E-state index contributed by atoms with van der Waals surface area (Å²) in [7, 11) is 0. The Morgan fingerprint density at radius 1 is 1.33 bits per heavy atom. The van der Waals surface area contributed by atoms with E-state index >= 15 is 0 Å². The van der Waals surface area contributed by atoms with Crippen LogP contribution in [0.25, 0.3) is 0 Å². The number of carbonyl (C=O) groups is 1. The van der Waals surface area contributed by atoms with E-state index in [0.717, 1.165) is 19.4 Å². The zero-order chi connectivity index (χ0) is 14.7. The molecule has 2 aromatic rings. The first-order valence-electron chi connectivity index (χ1n) is 7.27.